The predicted octanol–water partition coefficient (Wildman–Crippen LogP) is 2.08. The van der Waals surface area contributed by atoms with Gasteiger partial charge in [0.2, 0.25) is 0 Å². The predicted molar refractivity (Wildman–Crippen MR) is 41.0 cm³/mol. The molecule has 0 aromatic heterocycles. The van der Waals surface area contributed by atoms with Crippen molar-refractivity contribution in [3.63, 3.8) is 0 Å². The SMILES string of the molecule is CC(F)CCC(=O)OC(C)C. The average Bonchev–Trinajstić information content (AvgIpc) is 1.82. The van der Waals surface area contributed by atoms with Crippen LogP contribution < -0.4 is 0 Å². The van der Waals surface area contributed by atoms with Crippen LogP contribution in [0.5, 0.6) is 0 Å². The Hall–Kier alpha value is -0.600. The van der Waals surface area contributed by atoms with E-state index in [9.17, 15) is 9.18 Å². The molecule has 0 aliphatic heterocycles. The Kier molecular flexibility index (Phi) is 4.83. The van der Waals surface area contributed by atoms with Crippen molar-refractivity contribution < 1.29 is 13.9 Å². The zero-order valence-corrected chi connectivity index (χ0v) is 7.26. The fourth-order valence-corrected chi connectivity index (χ4v) is 0.639. The number of rotatable bonds is 4. The maximum absolute atomic E-state index is 12.2. The molecule has 0 fully saturated rings. The lowest BCUT2D eigenvalue weighted by atomic mass is 10.2. The monoisotopic (exact) mass is 162 g/mol. The standard InChI is InChI=1S/C8H15FO2/c1-6(2)11-8(10)5-4-7(3)9/h6-7H,4-5H2,1-3H3. The Morgan fingerprint density at radius 2 is 2.00 bits per heavy atom. The molecule has 0 radical (unpaired) electrons. The summed E-state index contributed by atoms with van der Waals surface area (Å²) in [6.45, 7) is 4.98. The van der Waals surface area contributed by atoms with Gasteiger partial charge < -0.3 is 4.74 Å². The second kappa shape index (κ2) is 5.10. The lowest BCUT2D eigenvalue weighted by molar-refractivity contribution is -0.147. The molecule has 0 amide bonds. The first-order valence-corrected chi connectivity index (χ1v) is 3.86. The summed E-state index contributed by atoms with van der Waals surface area (Å²) in [6, 6.07) is 0. The van der Waals surface area contributed by atoms with Crippen LogP contribution in [0.25, 0.3) is 0 Å². The van der Waals surface area contributed by atoms with E-state index in [2.05, 4.69) is 0 Å². The average molecular weight is 162 g/mol. The fraction of sp³-hybridized carbons (Fsp3) is 0.875. The Labute approximate surface area is 66.7 Å². The van der Waals surface area contributed by atoms with Crippen LogP contribution in [0.4, 0.5) is 4.39 Å². The molecule has 66 valence electrons. The van der Waals surface area contributed by atoms with E-state index in [1.54, 1.807) is 13.8 Å². The highest BCUT2D eigenvalue weighted by molar-refractivity contribution is 5.69. The summed E-state index contributed by atoms with van der Waals surface area (Å²) in [5.41, 5.74) is 0. The third-order valence-corrected chi connectivity index (χ3v) is 1.11. The molecule has 0 saturated heterocycles. The largest absolute Gasteiger partial charge is 0.463 e. The van der Waals surface area contributed by atoms with Crippen LogP contribution in [0.15, 0.2) is 0 Å². The highest BCUT2D eigenvalue weighted by atomic mass is 19.1. The van der Waals surface area contributed by atoms with Crippen LogP contribution >= 0.6 is 0 Å². The molecule has 11 heavy (non-hydrogen) atoms. The van der Waals surface area contributed by atoms with Crippen molar-refractivity contribution >= 4 is 5.97 Å². The van der Waals surface area contributed by atoms with Crippen LogP contribution in [0, 0.1) is 0 Å². The first-order valence-electron chi connectivity index (χ1n) is 3.86. The number of hydrogen-bond acceptors (Lipinski definition) is 2. The summed E-state index contributed by atoms with van der Waals surface area (Å²) < 4.78 is 17.0. The molecule has 0 aromatic rings. The van der Waals surface area contributed by atoms with E-state index in [1.807, 2.05) is 0 Å². The zero-order valence-electron chi connectivity index (χ0n) is 7.26. The second-order valence-electron chi connectivity index (χ2n) is 2.86. The van der Waals surface area contributed by atoms with Crippen LogP contribution in [-0.4, -0.2) is 18.2 Å². The van der Waals surface area contributed by atoms with Crippen molar-refractivity contribution in [2.75, 3.05) is 0 Å². The lowest BCUT2D eigenvalue weighted by Crippen LogP contribution is -2.12. The van der Waals surface area contributed by atoms with E-state index in [4.69, 9.17) is 4.74 Å². The molecule has 0 heterocycles. The topological polar surface area (TPSA) is 26.3 Å². The maximum Gasteiger partial charge on any atom is 0.306 e. The van der Waals surface area contributed by atoms with Crippen LogP contribution in [-0.2, 0) is 9.53 Å². The van der Waals surface area contributed by atoms with Gasteiger partial charge in [0, 0.05) is 6.42 Å². The molecule has 0 aliphatic rings. The number of carbonyl (C=O) groups is 1. The Morgan fingerprint density at radius 3 is 2.36 bits per heavy atom. The summed E-state index contributed by atoms with van der Waals surface area (Å²) in [7, 11) is 0. The van der Waals surface area contributed by atoms with E-state index < -0.39 is 6.17 Å². The normalized spacial score (nSPS) is 13.2. The molecule has 0 rings (SSSR count). The molecule has 0 bridgehead atoms. The Morgan fingerprint density at radius 1 is 1.45 bits per heavy atom. The van der Waals surface area contributed by atoms with Crippen molar-refractivity contribution in [3.05, 3.63) is 0 Å². The van der Waals surface area contributed by atoms with Crippen molar-refractivity contribution in [1.29, 1.82) is 0 Å². The minimum absolute atomic E-state index is 0.0996. The number of esters is 1. The van der Waals surface area contributed by atoms with E-state index >= 15 is 0 Å². The first kappa shape index (κ1) is 10.4. The lowest BCUT2D eigenvalue weighted by Gasteiger charge is -2.07. The van der Waals surface area contributed by atoms with Crippen molar-refractivity contribution in [3.8, 4) is 0 Å². The van der Waals surface area contributed by atoms with Gasteiger partial charge >= 0.3 is 5.97 Å². The molecule has 1 unspecified atom stereocenters. The maximum atomic E-state index is 12.2. The highest BCUT2D eigenvalue weighted by Gasteiger charge is 2.07. The molecule has 0 N–H and O–H groups in total. The fourth-order valence-electron chi connectivity index (χ4n) is 0.639. The molecule has 2 nitrogen and oxygen atoms in total. The molecule has 0 saturated carbocycles. The van der Waals surface area contributed by atoms with Gasteiger partial charge in [0.1, 0.15) is 0 Å². The minimum atomic E-state index is -0.922. The van der Waals surface area contributed by atoms with Gasteiger partial charge in [0.25, 0.3) is 0 Å². The third-order valence-electron chi connectivity index (χ3n) is 1.11. The molecule has 0 aliphatic carbocycles. The van der Waals surface area contributed by atoms with Crippen LogP contribution in [0.3, 0.4) is 0 Å². The quantitative estimate of drug-likeness (QED) is 0.591. The van der Waals surface area contributed by atoms with Gasteiger partial charge in [-0.15, -0.1) is 0 Å². The highest BCUT2D eigenvalue weighted by Crippen LogP contribution is 2.02. The van der Waals surface area contributed by atoms with Crippen molar-refractivity contribution in [2.24, 2.45) is 0 Å². The van der Waals surface area contributed by atoms with Gasteiger partial charge in [-0.1, -0.05) is 0 Å². The van der Waals surface area contributed by atoms with Gasteiger partial charge in [0.15, 0.2) is 0 Å². The zero-order chi connectivity index (χ0) is 8.85. The van der Waals surface area contributed by atoms with E-state index in [0.717, 1.165) is 0 Å². The molecule has 3 heteroatoms. The summed E-state index contributed by atoms with van der Waals surface area (Å²) in [6.07, 6.45) is -0.589. The number of halogens is 1. The van der Waals surface area contributed by atoms with Gasteiger partial charge in [-0.25, -0.2) is 4.39 Å². The summed E-state index contributed by atoms with van der Waals surface area (Å²) >= 11 is 0. The van der Waals surface area contributed by atoms with E-state index in [-0.39, 0.29) is 24.9 Å². The van der Waals surface area contributed by atoms with Crippen LogP contribution in [0.1, 0.15) is 33.6 Å². The molecular formula is C8H15FO2. The van der Waals surface area contributed by atoms with Gasteiger partial charge in [-0.05, 0) is 27.2 Å². The summed E-state index contributed by atoms with van der Waals surface area (Å²) in [5, 5.41) is 0. The van der Waals surface area contributed by atoms with Gasteiger partial charge in [-0.2, -0.15) is 0 Å². The van der Waals surface area contributed by atoms with Crippen molar-refractivity contribution in [2.45, 2.75) is 45.9 Å². The molecular weight excluding hydrogens is 147 g/mol. The smallest absolute Gasteiger partial charge is 0.306 e. The third kappa shape index (κ3) is 7.30. The Balaban J connectivity index is 3.38. The first-order chi connectivity index (χ1) is 5.02. The molecule has 0 aromatic carbocycles. The number of carbonyl (C=O) groups excluding carboxylic acids is 1. The number of hydrogen-bond donors (Lipinski definition) is 0. The number of ether oxygens (including phenoxy) is 1. The van der Waals surface area contributed by atoms with E-state index in [0.29, 0.717) is 0 Å². The van der Waals surface area contributed by atoms with Crippen molar-refractivity contribution in [1.82, 2.24) is 0 Å². The molecule has 0 spiro atoms. The minimum Gasteiger partial charge on any atom is -0.463 e. The second-order valence-corrected chi connectivity index (χ2v) is 2.86. The summed E-state index contributed by atoms with van der Waals surface area (Å²) in [4.78, 5) is 10.8. The Bertz CT molecular complexity index is 121. The van der Waals surface area contributed by atoms with E-state index in [1.165, 1.54) is 6.92 Å². The van der Waals surface area contributed by atoms with Gasteiger partial charge in [0.05, 0.1) is 12.3 Å². The van der Waals surface area contributed by atoms with Crippen LogP contribution in [0.2, 0.25) is 0 Å². The molecule has 1 atom stereocenters. The number of alkyl halides is 1. The summed E-state index contributed by atoms with van der Waals surface area (Å²) in [5.74, 6) is -0.315. The van der Waals surface area contributed by atoms with Gasteiger partial charge in [-0.3, -0.25) is 4.79 Å².